The van der Waals surface area contributed by atoms with Crippen molar-refractivity contribution in [1.29, 1.82) is 0 Å². The number of aromatic nitrogens is 1. The van der Waals surface area contributed by atoms with Gasteiger partial charge in [0.05, 0.1) is 23.4 Å². The predicted octanol–water partition coefficient (Wildman–Crippen LogP) is 3.73. The molecule has 0 radical (unpaired) electrons. The Kier molecular flexibility index (Phi) is 1.31. The van der Waals surface area contributed by atoms with Crippen LogP contribution in [0.15, 0.2) is 51.8 Å². The lowest BCUT2D eigenvalue weighted by molar-refractivity contribution is 0.613. The van der Waals surface area contributed by atoms with Crippen LogP contribution in [-0.2, 0) is 0 Å². The molecule has 1 aromatic carbocycles. The fourth-order valence-electron chi connectivity index (χ4n) is 2.20. The van der Waals surface area contributed by atoms with Gasteiger partial charge < -0.3 is 8.83 Å². The Morgan fingerprint density at radius 1 is 0.812 bits per heavy atom. The zero-order chi connectivity index (χ0) is 10.5. The number of benzene rings is 1. The Morgan fingerprint density at radius 3 is 2.31 bits per heavy atom. The summed E-state index contributed by atoms with van der Waals surface area (Å²) in [6, 6.07) is 7.79. The number of rotatable bonds is 0. The highest BCUT2D eigenvalue weighted by molar-refractivity contribution is 6.20. The van der Waals surface area contributed by atoms with Gasteiger partial charge in [0.1, 0.15) is 11.2 Å². The summed E-state index contributed by atoms with van der Waals surface area (Å²) in [4.78, 5) is 4.39. The van der Waals surface area contributed by atoms with Gasteiger partial charge in [0, 0.05) is 17.0 Å². The summed E-state index contributed by atoms with van der Waals surface area (Å²) in [6.45, 7) is 0. The van der Waals surface area contributed by atoms with Gasteiger partial charge in [-0.3, -0.25) is 4.98 Å². The predicted molar refractivity (Wildman–Crippen MR) is 61.3 cm³/mol. The van der Waals surface area contributed by atoms with Gasteiger partial charge >= 0.3 is 0 Å². The van der Waals surface area contributed by atoms with E-state index < -0.39 is 0 Å². The Hall–Kier alpha value is -2.29. The number of hydrogen-bond donors (Lipinski definition) is 0. The zero-order valence-corrected chi connectivity index (χ0v) is 8.31. The van der Waals surface area contributed by atoms with Crippen molar-refractivity contribution in [1.82, 2.24) is 4.98 Å². The van der Waals surface area contributed by atoms with Gasteiger partial charge in [-0.2, -0.15) is 0 Å². The lowest BCUT2D eigenvalue weighted by Crippen LogP contribution is -1.79. The monoisotopic (exact) mass is 209 g/mol. The zero-order valence-electron chi connectivity index (χ0n) is 8.31. The van der Waals surface area contributed by atoms with E-state index in [9.17, 15) is 0 Å². The van der Waals surface area contributed by atoms with E-state index in [1.165, 1.54) is 0 Å². The molecule has 0 saturated carbocycles. The second kappa shape index (κ2) is 2.64. The summed E-state index contributed by atoms with van der Waals surface area (Å²) in [5, 5.41) is 3.06. The molecule has 0 saturated heterocycles. The smallest absolute Gasteiger partial charge is 0.147 e. The lowest BCUT2D eigenvalue weighted by atomic mass is 10.1. The van der Waals surface area contributed by atoms with E-state index in [0.717, 1.165) is 32.8 Å². The molecular weight excluding hydrogens is 202 g/mol. The van der Waals surface area contributed by atoms with Crippen LogP contribution in [0.2, 0.25) is 0 Å². The molecular formula is C13H7NO2. The minimum absolute atomic E-state index is 0.838. The van der Waals surface area contributed by atoms with Crippen LogP contribution in [0.1, 0.15) is 0 Å². The quantitative estimate of drug-likeness (QED) is 0.443. The molecule has 0 N–H and O–H groups in total. The maximum atomic E-state index is 5.51. The molecule has 4 aromatic rings. The van der Waals surface area contributed by atoms with Crippen LogP contribution in [0.4, 0.5) is 0 Å². The highest BCUT2D eigenvalue weighted by Gasteiger charge is 2.13. The molecule has 16 heavy (non-hydrogen) atoms. The fraction of sp³-hybridized carbons (Fsp3) is 0. The topological polar surface area (TPSA) is 39.2 Å². The van der Waals surface area contributed by atoms with Gasteiger partial charge in [0.15, 0.2) is 0 Å². The first kappa shape index (κ1) is 7.93. The molecule has 76 valence electrons. The minimum Gasteiger partial charge on any atom is -0.463 e. The van der Waals surface area contributed by atoms with Crippen molar-refractivity contribution in [2.75, 3.05) is 0 Å². The SMILES string of the molecule is c1cnc2c(c1)c1occc1c1occc21. The van der Waals surface area contributed by atoms with Gasteiger partial charge in [-0.15, -0.1) is 0 Å². The first-order valence-corrected chi connectivity index (χ1v) is 5.06. The molecule has 3 aromatic heterocycles. The second-order valence-corrected chi connectivity index (χ2v) is 3.73. The maximum Gasteiger partial charge on any atom is 0.147 e. The van der Waals surface area contributed by atoms with Gasteiger partial charge in [-0.1, -0.05) is 0 Å². The minimum atomic E-state index is 0.838. The second-order valence-electron chi connectivity index (χ2n) is 3.73. The van der Waals surface area contributed by atoms with Gasteiger partial charge in [0.25, 0.3) is 0 Å². The summed E-state index contributed by atoms with van der Waals surface area (Å²) in [7, 11) is 0. The number of furan rings is 2. The van der Waals surface area contributed by atoms with Crippen molar-refractivity contribution >= 4 is 32.8 Å². The molecule has 0 atom stereocenters. The van der Waals surface area contributed by atoms with E-state index in [0.29, 0.717) is 0 Å². The third kappa shape index (κ3) is 0.810. The maximum absolute atomic E-state index is 5.51. The van der Waals surface area contributed by atoms with Crippen molar-refractivity contribution in [3.8, 4) is 0 Å². The summed E-state index contributed by atoms with van der Waals surface area (Å²) >= 11 is 0. The molecule has 0 unspecified atom stereocenters. The van der Waals surface area contributed by atoms with Gasteiger partial charge in [0.2, 0.25) is 0 Å². The first-order chi connectivity index (χ1) is 7.95. The number of hydrogen-bond acceptors (Lipinski definition) is 3. The standard InChI is InChI=1S/C13H7NO2/c1-2-8-11(14-5-1)9-3-6-15-13(9)10-4-7-16-12(8)10/h1-7H. The molecule has 4 rings (SSSR count). The van der Waals surface area contributed by atoms with Crippen molar-refractivity contribution in [3.05, 3.63) is 43.0 Å². The van der Waals surface area contributed by atoms with Crippen LogP contribution in [0, 0.1) is 0 Å². The van der Waals surface area contributed by atoms with Crippen LogP contribution in [-0.4, -0.2) is 4.98 Å². The van der Waals surface area contributed by atoms with Crippen molar-refractivity contribution in [2.45, 2.75) is 0 Å². The van der Waals surface area contributed by atoms with Crippen molar-refractivity contribution in [2.24, 2.45) is 0 Å². The third-order valence-corrected chi connectivity index (χ3v) is 2.88. The summed E-state index contributed by atoms with van der Waals surface area (Å²) < 4.78 is 11.0. The average molecular weight is 209 g/mol. The summed E-state index contributed by atoms with van der Waals surface area (Å²) in [5.41, 5.74) is 2.61. The van der Waals surface area contributed by atoms with E-state index in [-0.39, 0.29) is 0 Å². The Morgan fingerprint density at radius 2 is 1.50 bits per heavy atom. The molecule has 0 aliphatic rings. The first-order valence-electron chi connectivity index (χ1n) is 5.06. The molecule has 0 amide bonds. The van der Waals surface area contributed by atoms with Crippen LogP contribution in [0.3, 0.4) is 0 Å². The Bertz CT molecular complexity index is 741. The van der Waals surface area contributed by atoms with Crippen LogP contribution < -0.4 is 0 Å². The van der Waals surface area contributed by atoms with E-state index in [1.807, 2.05) is 24.3 Å². The summed E-state index contributed by atoms with van der Waals surface area (Å²) in [5.74, 6) is 0. The number of nitrogens with zero attached hydrogens (tertiary/aromatic N) is 1. The van der Waals surface area contributed by atoms with Gasteiger partial charge in [-0.05, 0) is 24.3 Å². The molecule has 0 fully saturated rings. The molecule has 0 aliphatic carbocycles. The van der Waals surface area contributed by atoms with Crippen molar-refractivity contribution in [3.63, 3.8) is 0 Å². The van der Waals surface area contributed by atoms with Crippen LogP contribution in [0.25, 0.3) is 32.8 Å². The molecule has 3 heteroatoms. The lowest BCUT2D eigenvalue weighted by Gasteiger charge is -1.99. The van der Waals surface area contributed by atoms with E-state index in [1.54, 1.807) is 18.7 Å². The van der Waals surface area contributed by atoms with Crippen LogP contribution in [0.5, 0.6) is 0 Å². The third-order valence-electron chi connectivity index (χ3n) is 2.88. The number of pyridine rings is 1. The van der Waals surface area contributed by atoms with Gasteiger partial charge in [-0.25, -0.2) is 0 Å². The number of fused-ring (bicyclic) bond motifs is 6. The summed E-state index contributed by atoms with van der Waals surface area (Å²) in [6.07, 6.45) is 5.15. The van der Waals surface area contributed by atoms with E-state index in [2.05, 4.69) is 4.98 Å². The molecule has 3 nitrogen and oxygen atoms in total. The van der Waals surface area contributed by atoms with E-state index >= 15 is 0 Å². The Labute approximate surface area is 90.3 Å². The molecule has 0 aliphatic heterocycles. The largest absolute Gasteiger partial charge is 0.463 e. The highest BCUT2D eigenvalue weighted by Crippen LogP contribution is 2.34. The highest BCUT2D eigenvalue weighted by atomic mass is 16.3. The average Bonchev–Trinajstić information content (AvgIpc) is 2.98. The fourth-order valence-corrected chi connectivity index (χ4v) is 2.20. The Balaban J connectivity index is 2.51. The normalized spacial score (nSPS) is 11.8. The van der Waals surface area contributed by atoms with E-state index in [4.69, 9.17) is 8.83 Å². The molecule has 3 heterocycles. The molecule has 0 spiro atoms. The van der Waals surface area contributed by atoms with Crippen LogP contribution >= 0.6 is 0 Å². The molecule has 0 bridgehead atoms. The van der Waals surface area contributed by atoms with Crippen molar-refractivity contribution < 1.29 is 8.83 Å².